The molecule has 0 spiro atoms. The topological polar surface area (TPSA) is 87.5 Å². The minimum absolute atomic E-state index is 0. The molecule has 0 bridgehead atoms. The summed E-state index contributed by atoms with van der Waals surface area (Å²) in [5, 5.41) is 5.87. The van der Waals surface area contributed by atoms with Gasteiger partial charge >= 0.3 is 0 Å². The van der Waals surface area contributed by atoms with Crippen molar-refractivity contribution in [1.82, 2.24) is 15.5 Å². The molecule has 1 heterocycles. The lowest BCUT2D eigenvalue weighted by molar-refractivity contribution is -0.131. The van der Waals surface area contributed by atoms with Gasteiger partial charge in [-0.05, 0) is 39.2 Å². The van der Waals surface area contributed by atoms with E-state index < -0.39 is 0 Å². The molecular weight excluding hydrogens is 292 g/mol. The number of hydrogen-bond donors (Lipinski definition) is 3. The van der Waals surface area contributed by atoms with Crippen molar-refractivity contribution in [3.05, 3.63) is 0 Å². The van der Waals surface area contributed by atoms with Crippen LogP contribution in [0.2, 0.25) is 0 Å². The van der Waals surface area contributed by atoms with Crippen molar-refractivity contribution in [1.29, 1.82) is 0 Å². The number of rotatable bonds is 6. The van der Waals surface area contributed by atoms with Crippen LogP contribution in [0.3, 0.4) is 0 Å². The number of hydrogen-bond acceptors (Lipinski definition) is 4. The molecule has 0 aromatic rings. The van der Waals surface area contributed by atoms with E-state index in [9.17, 15) is 9.59 Å². The number of nitrogens with one attached hydrogen (secondary N) is 2. The van der Waals surface area contributed by atoms with Crippen LogP contribution in [0.4, 0.5) is 0 Å². The molecule has 2 unspecified atom stereocenters. The van der Waals surface area contributed by atoms with Gasteiger partial charge in [0.2, 0.25) is 11.8 Å². The highest BCUT2D eigenvalue weighted by Gasteiger charge is 2.32. The van der Waals surface area contributed by atoms with Crippen LogP contribution in [-0.2, 0) is 9.59 Å². The zero-order valence-corrected chi connectivity index (χ0v) is 13.5. The molecule has 6 nitrogen and oxygen atoms in total. The predicted molar refractivity (Wildman–Crippen MR) is 84.2 cm³/mol. The Hall–Kier alpha value is -0.850. The van der Waals surface area contributed by atoms with Crippen LogP contribution in [0.5, 0.6) is 0 Å². The summed E-state index contributed by atoms with van der Waals surface area (Å²) in [7, 11) is 0. The number of amides is 2. The SMILES string of the molecule is CC(C(=O)NC1CC1)N1CCCC(C(=O)NCCN)C1.Cl. The van der Waals surface area contributed by atoms with Gasteiger partial charge in [0.25, 0.3) is 0 Å². The first-order chi connectivity index (χ1) is 9.61. The molecule has 21 heavy (non-hydrogen) atoms. The van der Waals surface area contributed by atoms with E-state index in [1.165, 1.54) is 0 Å². The summed E-state index contributed by atoms with van der Waals surface area (Å²) in [4.78, 5) is 26.2. The molecule has 122 valence electrons. The zero-order chi connectivity index (χ0) is 14.5. The second-order valence-corrected chi connectivity index (χ2v) is 5.87. The molecule has 1 saturated carbocycles. The molecule has 2 aliphatic rings. The number of halogens is 1. The van der Waals surface area contributed by atoms with E-state index in [1.54, 1.807) is 0 Å². The Bertz CT molecular complexity index is 363. The normalized spacial score (nSPS) is 23.8. The highest BCUT2D eigenvalue weighted by atomic mass is 35.5. The van der Waals surface area contributed by atoms with E-state index in [-0.39, 0.29) is 36.2 Å². The van der Waals surface area contributed by atoms with Crippen LogP contribution in [0.25, 0.3) is 0 Å². The van der Waals surface area contributed by atoms with Crippen molar-refractivity contribution in [2.45, 2.75) is 44.7 Å². The van der Waals surface area contributed by atoms with E-state index in [1.807, 2.05) is 6.92 Å². The molecule has 2 atom stereocenters. The van der Waals surface area contributed by atoms with Crippen LogP contribution in [0.1, 0.15) is 32.6 Å². The Morgan fingerprint density at radius 2 is 2.05 bits per heavy atom. The second-order valence-electron chi connectivity index (χ2n) is 5.87. The molecule has 2 fully saturated rings. The lowest BCUT2D eigenvalue weighted by atomic mass is 9.96. The first-order valence-corrected chi connectivity index (χ1v) is 7.64. The Balaban J connectivity index is 0.00000220. The molecule has 7 heteroatoms. The smallest absolute Gasteiger partial charge is 0.237 e. The summed E-state index contributed by atoms with van der Waals surface area (Å²) in [5.74, 6) is 0.136. The van der Waals surface area contributed by atoms with Crippen LogP contribution < -0.4 is 16.4 Å². The average molecular weight is 319 g/mol. The van der Waals surface area contributed by atoms with Crippen molar-refractivity contribution in [3.63, 3.8) is 0 Å². The van der Waals surface area contributed by atoms with Crippen molar-refractivity contribution in [3.8, 4) is 0 Å². The Kier molecular flexibility index (Phi) is 7.42. The summed E-state index contributed by atoms with van der Waals surface area (Å²) in [6.45, 7) is 4.46. The number of carbonyl (C=O) groups excluding carboxylic acids is 2. The first kappa shape index (κ1) is 18.2. The quantitative estimate of drug-likeness (QED) is 0.636. The predicted octanol–water partition coefficient (Wildman–Crippen LogP) is -0.138. The van der Waals surface area contributed by atoms with Crippen LogP contribution in [0, 0.1) is 5.92 Å². The third kappa shape index (κ3) is 5.45. The largest absolute Gasteiger partial charge is 0.355 e. The first-order valence-electron chi connectivity index (χ1n) is 7.64. The second kappa shape index (κ2) is 8.56. The highest BCUT2D eigenvalue weighted by Crippen LogP contribution is 2.21. The average Bonchev–Trinajstić information content (AvgIpc) is 3.27. The van der Waals surface area contributed by atoms with E-state index in [0.717, 1.165) is 32.2 Å². The van der Waals surface area contributed by atoms with Gasteiger partial charge in [-0.15, -0.1) is 12.4 Å². The fraction of sp³-hybridized carbons (Fsp3) is 0.857. The molecule has 4 N–H and O–H groups in total. The van der Waals surface area contributed by atoms with Crippen molar-refractivity contribution in [2.24, 2.45) is 11.7 Å². The lowest BCUT2D eigenvalue weighted by Crippen LogP contribution is -2.52. The maximum atomic E-state index is 12.1. The van der Waals surface area contributed by atoms with Gasteiger partial charge in [0.1, 0.15) is 0 Å². The number of carbonyl (C=O) groups is 2. The van der Waals surface area contributed by atoms with Crippen LogP contribution in [0.15, 0.2) is 0 Å². The number of likely N-dealkylation sites (tertiary alicyclic amines) is 1. The Labute approximate surface area is 132 Å². The molecule has 0 radical (unpaired) electrons. The summed E-state index contributed by atoms with van der Waals surface area (Å²) in [6, 6.07) is 0.235. The van der Waals surface area contributed by atoms with E-state index >= 15 is 0 Å². The number of nitrogens with two attached hydrogens (primary N) is 1. The molecule has 1 saturated heterocycles. The molecule has 2 rings (SSSR count). The maximum Gasteiger partial charge on any atom is 0.237 e. The van der Waals surface area contributed by atoms with Crippen molar-refractivity contribution in [2.75, 3.05) is 26.2 Å². The van der Waals surface area contributed by atoms with Crippen LogP contribution in [-0.4, -0.2) is 55.0 Å². The van der Waals surface area contributed by atoms with Gasteiger partial charge in [0.15, 0.2) is 0 Å². The molecule has 1 aliphatic carbocycles. The van der Waals surface area contributed by atoms with E-state index in [2.05, 4.69) is 15.5 Å². The summed E-state index contributed by atoms with van der Waals surface area (Å²) < 4.78 is 0. The highest BCUT2D eigenvalue weighted by molar-refractivity contribution is 5.85. The van der Waals surface area contributed by atoms with Crippen LogP contribution >= 0.6 is 12.4 Å². The summed E-state index contributed by atoms with van der Waals surface area (Å²) in [5.41, 5.74) is 5.40. The van der Waals surface area contributed by atoms with Gasteiger partial charge in [-0.2, -0.15) is 0 Å². The zero-order valence-electron chi connectivity index (χ0n) is 12.6. The number of piperidine rings is 1. The van der Waals surface area contributed by atoms with Gasteiger partial charge in [-0.25, -0.2) is 0 Å². The maximum absolute atomic E-state index is 12.1. The Morgan fingerprint density at radius 1 is 1.33 bits per heavy atom. The molecule has 0 aromatic carbocycles. The Morgan fingerprint density at radius 3 is 2.67 bits per heavy atom. The minimum Gasteiger partial charge on any atom is -0.355 e. The summed E-state index contributed by atoms with van der Waals surface area (Å²) in [6.07, 6.45) is 4.05. The fourth-order valence-electron chi connectivity index (χ4n) is 2.63. The third-order valence-electron chi connectivity index (χ3n) is 4.12. The molecular formula is C14H27ClN4O2. The molecule has 0 aromatic heterocycles. The van der Waals surface area contributed by atoms with Gasteiger partial charge < -0.3 is 16.4 Å². The number of nitrogens with zero attached hydrogens (tertiary/aromatic N) is 1. The molecule has 1 aliphatic heterocycles. The standard InChI is InChI=1S/C14H26N4O2.ClH/c1-10(13(19)17-12-4-5-12)18-8-2-3-11(9-18)14(20)16-7-6-15;/h10-12H,2-9,15H2,1H3,(H,16,20)(H,17,19);1H. The lowest BCUT2D eigenvalue weighted by Gasteiger charge is -2.35. The summed E-state index contributed by atoms with van der Waals surface area (Å²) >= 11 is 0. The monoisotopic (exact) mass is 318 g/mol. The van der Waals surface area contributed by atoms with E-state index in [0.29, 0.717) is 25.7 Å². The minimum atomic E-state index is -0.152. The third-order valence-corrected chi connectivity index (χ3v) is 4.12. The van der Waals surface area contributed by atoms with Gasteiger partial charge in [0, 0.05) is 25.7 Å². The van der Waals surface area contributed by atoms with Crippen molar-refractivity contribution < 1.29 is 9.59 Å². The molecule has 2 amide bonds. The van der Waals surface area contributed by atoms with Gasteiger partial charge in [-0.3, -0.25) is 14.5 Å². The fourth-order valence-corrected chi connectivity index (χ4v) is 2.63. The van der Waals surface area contributed by atoms with E-state index in [4.69, 9.17) is 5.73 Å². The van der Waals surface area contributed by atoms with Crippen molar-refractivity contribution >= 4 is 24.2 Å². The van der Waals surface area contributed by atoms with Gasteiger partial charge in [-0.1, -0.05) is 0 Å². The van der Waals surface area contributed by atoms with Gasteiger partial charge in [0.05, 0.1) is 12.0 Å².